The highest BCUT2D eigenvalue weighted by Gasteiger charge is 2.17. The molecule has 1 aromatic heterocycles. The Kier molecular flexibility index (Phi) is 5.66. The van der Waals surface area contributed by atoms with Crippen molar-refractivity contribution in [2.45, 2.75) is 38.8 Å². The van der Waals surface area contributed by atoms with Gasteiger partial charge in [0.25, 0.3) is 0 Å². The maximum Gasteiger partial charge on any atom is 0.202 e. The van der Waals surface area contributed by atoms with Gasteiger partial charge in [-0.05, 0) is 32.9 Å². The Morgan fingerprint density at radius 3 is 2.89 bits per heavy atom. The largest absolute Gasteiger partial charge is 0.383 e. The number of likely N-dealkylation sites (tertiary alicyclic amines) is 1. The molecule has 108 valence electrons. The zero-order valence-corrected chi connectivity index (χ0v) is 12.1. The van der Waals surface area contributed by atoms with Crippen LogP contribution in [0, 0.1) is 0 Å². The number of piperidine rings is 1. The highest BCUT2D eigenvalue weighted by molar-refractivity contribution is 5.25. The summed E-state index contributed by atoms with van der Waals surface area (Å²) in [6.45, 7) is 7.28. The van der Waals surface area contributed by atoms with E-state index >= 15 is 0 Å². The fourth-order valence-corrected chi connectivity index (χ4v) is 2.65. The van der Waals surface area contributed by atoms with E-state index in [4.69, 9.17) is 4.74 Å². The molecule has 0 amide bonds. The number of hydrogen-bond donors (Lipinski definition) is 1. The van der Waals surface area contributed by atoms with Crippen LogP contribution in [-0.4, -0.2) is 53.8 Å². The average molecular weight is 266 g/mol. The van der Waals surface area contributed by atoms with Gasteiger partial charge in [-0.1, -0.05) is 6.42 Å². The quantitative estimate of drug-likeness (QED) is 0.764. The van der Waals surface area contributed by atoms with Gasteiger partial charge in [0.05, 0.1) is 6.61 Å². The zero-order valence-electron chi connectivity index (χ0n) is 12.1. The summed E-state index contributed by atoms with van der Waals surface area (Å²) in [6.07, 6.45) is 7.98. The molecule has 1 fully saturated rings. The molecule has 5 heteroatoms. The monoisotopic (exact) mass is 266 g/mol. The standard InChI is InChI=1S/C14H26N4O/c1-13(17-8-4-3-5-9-17)12-18-10-6-15-14(18)16-7-11-19-2/h6,10,13H,3-5,7-9,11-12H2,1-2H3,(H,15,16). The Balaban J connectivity index is 1.85. The van der Waals surface area contributed by atoms with Crippen molar-refractivity contribution in [1.82, 2.24) is 14.5 Å². The van der Waals surface area contributed by atoms with E-state index in [1.54, 1.807) is 7.11 Å². The summed E-state index contributed by atoms with van der Waals surface area (Å²) >= 11 is 0. The van der Waals surface area contributed by atoms with Crippen molar-refractivity contribution >= 4 is 5.95 Å². The first-order valence-electron chi connectivity index (χ1n) is 7.29. The van der Waals surface area contributed by atoms with Crippen LogP contribution < -0.4 is 5.32 Å². The van der Waals surface area contributed by atoms with E-state index in [2.05, 4.69) is 32.9 Å². The number of nitrogens with one attached hydrogen (secondary N) is 1. The second-order valence-corrected chi connectivity index (χ2v) is 5.27. The Morgan fingerprint density at radius 1 is 1.37 bits per heavy atom. The molecule has 1 N–H and O–H groups in total. The van der Waals surface area contributed by atoms with Crippen LogP contribution >= 0.6 is 0 Å². The van der Waals surface area contributed by atoms with Gasteiger partial charge in [0.15, 0.2) is 0 Å². The van der Waals surface area contributed by atoms with Crippen molar-refractivity contribution in [1.29, 1.82) is 0 Å². The summed E-state index contributed by atoms with van der Waals surface area (Å²) in [5.41, 5.74) is 0. The Bertz CT molecular complexity index is 360. The number of ether oxygens (including phenoxy) is 1. The third-order valence-electron chi connectivity index (χ3n) is 3.78. The molecular weight excluding hydrogens is 240 g/mol. The fourth-order valence-electron chi connectivity index (χ4n) is 2.65. The van der Waals surface area contributed by atoms with Gasteiger partial charge < -0.3 is 14.6 Å². The number of methoxy groups -OCH3 is 1. The summed E-state index contributed by atoms with van der Waals surface area (Å²) in [5, 5.41) is 3.31. The average Bonchev–Trinajstić information content (AvgIpc) is 2.87. The van der Waals surface area contributed by atoms with E-state index in [0.29, 0.717) is 12.6 Å². The number of aromatic nitrogens is 2. The first-order chi connectivity index (χ1) is 9.31. The topological polar surface area (TPSA) is 42.3 Å². The smallest absolute Gasteiger partial charge is 0.202 e. The molecule has 0 saturated carbocycles. The van der Waals surface area contributed by atoms with Crippen LogP contribution in [0.25, 0.3) is 0 Å². The lowest BCUT2D eigenvalue weighted by Gasteiger charge is -2.32. The molecule has 0 bridgehead atoms. The highest BCUT2D eigenvalue weighted by Crippen LogP contribution is 2.14. The van der Waals surface area contributed by atoms with E-state index in [-0.39, 0.29) is 0 Å². The van der Waals surface area contributed by atoms with Crippen LogP contribution in [0.1, 0.15) is 26.2 Å². The van der Waals surface area contributed by atoms with Crippen molar-refractivity contribution in [2.75, 3.05) is 38.7 Å². The summed E-state index contributed by atoms with van der Waals surface area (Å²) in [4.78, 5) is 6.95. The van der Waals surface area contributed by atoms with Crippen molar-refractivity contribution in [2.24, 2.45) is 0 Å². The van der Waals surface area contributed by atoms with Crippen LogP contribution in [0.3, 0.4) is 0 Å². The summed E-state index contributed by atoms with van der Waals surface area (Å²) < 4.78 is 7.25. The SMILES string of the molecule is COCCNc1nccn1CC(C)N1CCCCC1. The van der Waals surface area contributed by atoms with Gasteiger partial charge in [0.1, 0.15) is 0 Å². The van der Waals surface area contributed by atoms with Gasteiger partial charge in [0, 0.05) is 38.6 Å². The summed E-state index contributed by atoms with van der Waals surface area (Å²) in [6, 6.07) is 0.567. The van der Waals surface area contributed by atoms with E-state index in [9.17, 15) is 0 Å². The van der Waals surface area contributed by atoms with Gasteiger partial charge in [-0.15, -0.1) is 0 Å². The predicted molar refractivity (Wildman–Crippen MR) is 77.5 cm³/mol. The van der Waals surface area contributed by atoms with Crippen molar-refractivity contribution in [3.63, 3.8) is 0 Å². The summed E-state index contributed by atoms with van der Waals surface area (Å²) in [7, 11) is 1.71. The fraction of sp³-hybridized carbons (Fsp3) is 0.786. The molecule has 0 aromatic carbocycles. The van der Waals surface area contributed by atoms with Gasteiger partial charge in [-0.3, -0.25) is 4.90 Å². The molecule has 1 saturated heterocycles. The minimum atomic E-state index is 0.567. The maximum absolute atomic E-state index is 5.05. The highest BCUT2D eigenvalue weighted by atomic mass is 16.5. The minimum absolute atomic E-state index is 0.567. The molecule has 0 radical (unpaired) electrons. The summed E-state index contributed by atoms with van der Waals surface area (Å²) in [5.74, 6) is 0.945. The van der Waals surface area contributed by atoms with Gasteiger partial charge >= 0.3 is 0 Å². The Hall–Kier alpha value is -1.07. The van der Waals surface area contributed by atoms with Gasteiger partial charge in [-0.2, -0.15) is 0 Å². The minimum Gasteiger partial charge on any atom is -0.383 e. The van der Waals surface area contributed by atoms with Crippen LogP contribution in [0.2, 0.25) is 0 Å². The number of hydrogen-bond acceptors (Lipinski definition) is 4. The molecule has 1 unspecified atom stereocenters. The second kappa shape index (κ2) is 7.50. The molecule has 1 atom stereocenters. The molecule has 0 spiro atoms. The third kappa shape index (κ3) is 4.21. The molecule has 5 nitrogen and oxygen atoms in total. The molecule has 2 heterocycles. The number of anilines is 1. The van der Waals surface area contributed by atoms with E-state index < -0.39 is 0 Å². The molecular formula is C14H26N4O. The lowest BCUT2D eigenvalue weighted by atomic mass is 10.1. The van der Waals surface area contributed by atoms with Crippen molar-refractivity contribution < 1.29 is 4.74 Å². The van der Waals surface area contributed by atoms with E-state index in [1.807, 2.05) is 6.20 Å². The Morgan fingerprint density at radius 2 is 2.16 bits per heavy atom. The molecule has 1 aliphatic rings. The Labute approximate surface area is 116 Å². The lowest BCUT2D eigenvalue weighted by molar-refractivity contribution is 0.160. The zero-order chi connectivity index (χ0) is 13.5. The molecule has 1 aliphatic heterocycles. The van der Waals surface area contributed by atoms with Crippen LogP contribution in [-0.2, 0) is 11.3 Å². The maximum atomic E-state index is 5.05. The number of imidazole rings is 1. The van der Waals surface area contributed by atoms with Crippen LogP contribution in [0.5, 0.6) is 0 Å². The first-order valence-corrected chi connectivity index (χ1v) is 7.29. The number of rotatable bonds is 7. The molecule has 1 aromatic rings. The number of nitrogens with zero attached hydrogens (tertiary/aromatic N) is 3. The van der Waals surface area contributed by atoms with Gasteiger partial charge in [-0.25, -0.2) is 4.98 Å². The predicted octanol–water partition coefficient (Wildman–Crippen LogP) is 1.82. The van der Waals surface area contributed by atoms with Crippen LogP contribution in [0.4, 0.5) is 5.95 Å². The molecule has 19 heavy (non-hydrogen) atoms. The molecule has 2 rings (SSSR count). The second-order valence-electron chi connectivity index (χ2n) is 5.27. The van der Waals surface area contributed by atoms with E-state index in [0.717, 1.165) is 19.0 Å². The third-order valence-corrected chi connectivity index (χ3v) is 3.78. The van der Waals surface area contributed by atoms with Crippen LogP contribution in [0.15, 0.2) is 12.4 Å². The van der Waals surface area contributed by atoms with Crippen molar-refractivity contribution in [3.8, 4) is 0 Å². The van der Waals surface area contributed by atoms with Crippen molar-refractivity contribution in [3.05, 3.63) is 12.4 Å². The molecule has 0 aliphatic carbocycles. The first kappa shape index (κ1) is 14.3. The van der Waals surface area contributed by atoms with Gasteiger partial charge in [0.2, 0.25) is 5.95 Å². The lowest BCUT2D eigenvalue weighted by Crippen LogP contribution is -2.39. The van der Waals surface area contributed by atoms with E-state index in [1.165, 1.54) is 32.4 Å². The normalized spacial score (nSPS) is 18.4.